The van der Waals surface area contributed by atoms with E-state index in [-0.39, 0.29) is 6.42 Å². The molecule has 0 spiro atoms. The predicted octanol–water partition coefficient (Wildman–Crippen LogP) is 2.21. The number of pyridine rings is 1. The van der Waals surface area contributed by atoms with Crippen molar-refractivity contribution in [2.45, 2.75) is 12.5 Å². The summed E-state index contributed by atoms with van der Waals surface area (Å²) < 4.78 is 0. The van der Waals surface area contributed by atoms with Gasteiger partial charge in [-0.2, -0.15) is 0 Å². The molecule has 0 unspecified atom stereocenters. The average molecular weight is 338 g/mol. The Labute approximate surface area is 137 Å². The summed E-state index contributed by atoms with van der Waals surface area (Å²) in [7, 11) is 0. The molecule has 7 heteroatoms. The Bertz CT molecular complexity index is 672. The summed E-state index contributed by atoms with van der Waals surface area (Å²) in [6.45, 7) is 0. The van der Waals surface area contributed by atoms with E-state index in [0.29, 0.717) is 15.7 Å². The van der Waals surface area contributed by atoms with E-state index in [0.717, 1.165) is 5.56 Å². The predicted molar refractivity (Wildman–Crippen MR) is 84.9 cm³/mol. The lowest BCUT2D eigenvalue weighted by Crippen LogP contribution is -2.45. The molecule has 2 amide bonds. The fourth-order valence-electron chi connectivity index (χ4n) is 1.83. The van der Waals surface area contributed by atoms with E-state index in [4.69, 9.17) is 28.9 Å². The van der Waals surface area contributed by atoms with Crippen LogP contribution in [0.3, 0.4) is 0 Å². The lowest BCUT2D eigenvalue weighted by atomic mass is 10.1. The fraction of sp³-hybridized carbons (Fsp3) is 0.133. The zero-order valence-electron chi connectivity index (χ0n) is 11.4. The quantitative estimate of drug-likeness (QED) is 0.820. The second-order valence-corrected chi connectivity index (χ2v) is 5.45. The maximum atomic E-state index is 12.1. The van der Waals surface area contributed by atoms with Crippen molar-refractivity contribution in [1.29, 1.82) is 0 Å². The van der Waals surface area contributed by atoms with Gasteiger partial charge in [0.1, 0.15) is 11.2 Å². The van der Waals surface area contributed by atoms with Crippen LogP contribution in [0.15, 0.2) is 42.6 Å². The molecule has 3 N–H and O–H groups in total. The van der Waals surface area contributed by atoms with E-state index in [1.54, 1.807) is 36.4 Å². The van der Waals surface area contributed by atoms with Crippen LogP contribution in [0.5, 0.6) is 0 Å². The highest BCUT2D eigenvalue weighted by Crippen LogP contribution is 2.11. The largest absolute Gasteiger partial charge is 0.368 e. The van der Waals surface area contributed by atoms with Gasteiger partial charge in [0.25, 0.3) is 5.91 Å². The summed E-state index contributed by atoms with van der Waals surface area (Å²) >= 11 is 11.5. The van der Waals surface area contributed by atoms with Crippen LogP contribution in [0.25, 0.3) is 0 Å². The van der Waals surface area contributed by atoms with Gasteiger partial charge in [-0.1, -0.05) is 29.3 Å². The molecule has 0 saturated carbocycles. The summed E-state index contributed by atoms with van der Waals surface area (Å²) in [4.78, 5) is 27.6. The topological polar surface area (TPSA) is 85.1 Å². The van der Waals surface area contributed by atoms with E-state index >= 15 is 0 Å². The summed E-state index contributed by atoms with van der Waals surface area (Å²) in [5.74, 6) is -1.03. The molecule has 1 aromatic carbocycles. The Kier molecular flexibility index (Phi) is 5.35. The third-order valence-corrected chi connectivity index (χ3v) is 3.46. The molecule has 0 fully saturated rings. The minimum Gasteiger partial charge on any atom is -0.368 e. The van der Waals surface area contributed by atoms with Crippen molar-refractivity contribution in [3.8, 4) is 0 Å². The zero-order chi connectivity index (χ0) is 16.1. The van der Waals surface area contributed by atoms with Gasteiger partial charge in [-0.3, -0.25) is 9.59 Å². The molecule has 1 heterocycles. The molecule has 1 aromatic heterocycles. The summed E-state index contributed by atoms with van der Waals surface area (Å²) in [5.41, 5.74) is 6.48. The van der Waals surface area contributed by atoms with E-state index in [9.17, 15) is 9.59 Å². The standard InChI is InChI=1S/C15H13Cl2N3O2/c16-11-4-2-10(3-5-11)15(22)20-12(14(18)21)7-9-1-6-13(17)19-8-9/h1-6,8,12H,7H2,(H2,18,21)(H,20,22)/t12-/m1/s1. The summed E-state index contributed by atoms with van der Waals surface area (Å²) in [5, 5.41) is 3.47. The van der Waals surface area contributed by atoms with Gasteiger partial charge in [-0.25, -0.2) is 4.98 Å². The van der Waals surface area contributed by atoms with Crippen molar-refractivity contribution < 1.29 is 9.59 Å². The Morgan fingerprint density at radius 2 is 1.82 bits per heavy atom. The fourth-order valence-corrected chi connectivity index (χ4v) is 2.07. The Balaban J connectivity index is 2.08. The first-order valence-electron chi connectivity index (χ1n) is 6.42. The molecule has 0 radical (unpaired) electrons. The monoisotopic (exact) mass is 337 g/mol. The Hall–Kier alpha value is -2.11. The maximum absolute atomic E-state index is 12.1. The zero-order valence-corrected chi connectivity index (χ0v) is 12.9. The van der Waals surface area contributed by atoms with Crippen molar-refractivity contribution in [2.24, 2.45) is 5.73 Å². The van der Waals surface area contributed by atoms with Crippen molar-refractivity contribution in [1.82, 2.24) is 10.3 Å². The van der Waals surface area contributed by atoms with Crippen LogP contribution in [0, 0.1) is 0 Å². The summed E-state index contributed by atoms with van der Waals surface area (Å²) in [6.07, 6.45) is 1.77. The smallest absolute Gasteiger partial charge is 0.251 e. The number of hydrogen-bond donors (Lipinski definition) is 2. The number of halogens is 2. The van der Waals surface area contributed by atoms with Crippen LogP contribution in [0.4, 0.5) is 0 Å². The molecule has 0 aliphatic carbocycles. The first-order valence-corrected chi connectivity index (χ1v) is 7.17. The number of hydrogen-bond acceptors (Lipinski definition) is 3. The van der Waals surface area contributed by atoms with Gasteiger partial charge < -0.3 is 11.1 Å². The van der Waals surface area contributed by atoms with Crippen LogP contribution in [-0.4, -0.2) is 22.8 Å². The number of rotatable bonds is 5. The molecule has 2 aromatic rings. The molecule has 1 atom stereocenters. The summed E-state index contributed by atoms with van der Waals surface area (Å²) in [6, 6.07) is 8.82. The van der Waals surface area contributed by atoms with Gasteiger partial charge >= 0.3 is 0 Å². The Morgan fingerprint density at radius 3 is 2.36 bits per heavy atom. The first kappa shape index (κ1) is 16.3. The Morgan fingerprint density at radius 1 is 1.14 bits per heavy atom. The average Bonchev–Trinajstić information content (AvgIpc) is 2.49. The van der Waals surface area contributed by atoms with Crippen LogP contribution < -0.4 is 11.1 Å². The lowest BCUT2D eigenvalue weighted by molar-refractivity contribution is -0.119. The number of nitrogens with zero attached hydrogens (tertiary/aromatic N) is 1. The van der Waals surface area contributed by atoms with Gasteiger partial charge in [-0.05, 0) is 35.9 Å². The molecule has 0 saturated heterocycles. The van der Waals surface area contributed by atoms with Crippen LogP contribution >= 0.6 is 23.2 Å². The molecule has 2 rings (SSSR count). The lowest BCUT2D eigenvalue weighted by Gasteiger charge is -2.15. The molecular formula is C15H13Cl2N3O2. The van der Waals surface area contributed by atoms with E-state index in [2.05, 4.69) is 10.3 Å². The van der Waals surface area contributed by atoms with Crippen molar-refractivity contribution in [3.63, 3.8) is 0 Å². The number of amides is 2. The van der Waals surface area contributed by atoms with Crippen LogP contribution in [-0.2, 0) is 11.2 Å². The number of nitrogens with two attached hydrogens (primary N) is 1. The van der Waals surface area contributed by atoms with E-state index in [1.807, 2.05) is 0 Å². The van der Waals surface area contributed by atoms with E-state index in [1.165, 1.54) is 6.20 Å². The van der Waals surface area contributed by atoms with Gasteiger partial charge in [-0.15, -0.1) is 0 Å². The van der Waals surface area contributed by atoms with Crippen molar-refractivity contribution in [2.75, 3.05) is 0 Å². The highest BCUT2D eigenvalue weighted by Gasteiger charge is 2.19. The number of carbonyl (C=O) groups is 2. The van der Waals surface area contributed by atoms with Gasteiger partial charge in [0.2, 0.25) is 5.91 Å². The van der Waals surface area contributed by atoms with Gasteiger partial charge in [0, 0.05) is 23.2 Å². The van der Waals surface area contributed by atoms with Crippen molar-refractivity contribution in [3.05, 3.63) is 63.9 Å². The molecule has 0 bridgehead atoms. The second-order valence-electron chi connectivity index (χ2n) is 4.63. The SMILES string of the molecule is NC(=O)[C@@H](Cc1ccc(Cl)nc1)NC(=O)c1ccc(Cl)cc1. The first-order chi connectivity index (χ1) is 10.5. The van der Waals surface area contributed by atoms with Crippen molar-refractivity contribution >= 4 is 35.0 Å². The molecule has 0 aliphatic heterocycles. The third-order valence-electron chi connectivity index (χ3n) is 2.98. The minimum absolute atomic E-state index is 0.235. The minimum atomic E-state index is -0.842. The molecule has 22 heavy (non-hydrogen) atoms. The number of benzene rings is 1. The highest BCUT2D eigenvalue weighted by molar-refractivity contribution is 6.30. The maximum Gasteiger partial charge on any atom is 0.251 e. The number of primary amides is 1. The third kappa shape index (κ3) is 4.44. The molecule has 0 aliphatic rings. The number of nitrogens with one attached hydrogen (secondary N) is 1. The highest BCUT2D eigenvalue weighted by atomic mass is 35.5. The molecule has 114 valence electrons. The number of aromatic nitrogens is 1. The number of carbonyl (C=O) groups excluding carboxylic acids is 2. The van der Waals surface area contributed by atoms with E-state index < -0.39 is 17.9 Å². The van der Waals surface area contributed by atoms with Gasteiger partial charge in [0.15, 0.2) is 0 Å². The normalized spacial score (nSPS) is 11.7. The molecular weight excluding hydrogens is 325 g/mol. The van der Waals surface area contributed by atoms with Crippen LogP contribution in [0.2, 0.25) is 10.2 Å². The second kappa shape index (κ2) is 7.24. The van der Waals surface area contributed by atoms with Crippen LogP contribution in [0.1, 0.15) is 15.9 Å². The van der Waals surface area contributed by atoms with Gasteiger partial charge in [0.05, 0.1) is 0 Å². The molecule has 5 nitrogen and oxygen atoms in total.